The molecule has 40 heavy (non-hydrogen) atoms. The molecule has 0 rings (SSSR count). The molecule has 0 saturated heterocycles. The van der Waals surface area contributed by atoms with E-state index >= 15 is 0 Å². The first kappa shape index (κ1) is 39.5. The molecule has 2 N–H and O–H groups in total. The summed E-state index contributed by atoms with van der Waals surface area (Å²) in [6.45, 7) is 20.7. The van der Waals surface area contributed by atoms with E-state index in [0.717, 1.165) is 44.2 Å². The number of amides is 2. The second kappa shape index (κ2) is 22.1. The Bertz CT molecular complexity index is 904. The highest BCUT2D eigenvalue weighted by atomic mass is 35.5. The molecule has 0 aromatic rings. The summed E-state index contributed by atoms with van der Waals surface area (Å²) in [5, 5.41) is 11.4. The highest BCUT2D eigenvalue weighted by Gasteiger charge is 2.34. The van der Waals surface area contributed by atoms with Crippen molar-refractivity contribution >= 4 is 29.9 Å². The van der Waals surface area contributed by atoms with Gasteiger partial charge in [-0.05, 0) is 64.8 Å². The van der Waals surface area contributed by atoms with Crippen molar-refractivity contribution in [1.82, 2.24) is 15.1 Å². The molecule has 1 atom stereocenters. The molecule has 0 aliphatic heterocycles. The van der Waals surface area contributed by atoms with Gasteiger partial charge in [0.15, 0.2) is 0 Å². The molecule has 0 aromatic heterocycles. The lowest BCUT2D eigenvalue weighted by Gasteiger charge is -2.47. The predicted octanol–water partition coefficient (Wildman–Crippen LogP) is 7.07. The lowest BCUT2D eigenvalue weighted by molar-refractivity contribution is -0.137. The molecule has 0 aliphatic carbocycles. The Kier molecular flexibility index (Phi) is 21.8. The largest absolute Gasteiger partial charge is 0.481 e. The molecule has 1 unspecified atom stereocenters. The van der Waals surface area contributed by atoms with Gasteiger partial charge < -0.3 is 15.3 Å². The Labute approximate surface area is 248 Å². The zero-order valence-electron chi connectivity index (χ0n) is 26.3. The first-order valence-electron chi connectivity index (χ1n) is 14.2. The molecule has 8 heteroatoms. The van der Waals surface area contributed by atoms with E-state index in [1.165, 1.54) is 11.1 Å². The van der Waals surface area contributed by atoms with Crippen LogP contribution in [0.5, 0.6) is 0 Å². The summed E-state index contributed by atoms with van der Waals surface area (Å²) in [6, 6.07) is -0.0822. The minimum Gasteiger partial charge on any atom is -0.481 e. The molecule has 0 saturated carbocycles. The number of hydrogen-bond acceptors (Lipinski definition) is 4. The molecule has 0 fully saturated rings. The van der Waals surface area contributed by atoms with Crippen LogP contribution in [-0.4, -0.2) is 65.0 Å². The number of carboxylic acids is 1. The Hall–Kier alpha value is -2.64. The maximum atomic E-state index is 12.5. The van der Waals surface area contributed by atoms with E-state index in [4.69, 9.17) is 16.7 Å². The number of aliphatic carboxylic acids is 1. The monoisotopic (exact) mass is 579 g/mol. The SMILES string of the molecule is C=C/C=C(\C=C\Cl)CC.CCCCC(/C(C)=C/C=C(/C(=O)NCCC(=O)O)C(C)C)N(C=O)C(C)(C)N(C)CC. The Morgan fingerprint density at radius 2 is 1.75 bits per heavy atom. The molecule has 2 amide bonds. The first-order chi connectivity index (χ1) is 18.8. The highest BCUT2D eigenvalue weighted by Crippen LogP contribution is 2.26. The number of hydrogen-bond donors (Lipinski definition) is 2. The van der Waals surface area contributed by atoms with E-state index < -0.39 is 11.6 Å². The van der Waals surface area contributed by atoms with Crippen molar-refractivity contribution in [2.45, 2.75) is 99.2 Å². The van der Waals surface area contributed by atoms with Crippen LogP contribution in [0.3, 0.4) is 0 Å². The van der Waals surface area contributed by atoms with Gasteiger partial charge in [0, 0.05) is 17.7 Å². The van der Waals surface area contributed by atoms with Gasteiger partial charge >= 0.3 is 5.97 Å². The fourth-order valence-electron chi connectivity index (χ4n) is 3.92. The molecule has 0 bridgehead atoms. The molecule has 7 nitrogen and oxygen atoms in total. The maximum absolute atomic E-state index is 12.5. The average molecular weight is 580 g/mol. The van der Waals surface area contributed by atoms with E-state index in [-0.39, 0.29) is 30.8 Å². The third-order valence-corrected chi connectivity index (χ3v) is 7.02. The minimum absolute atomic E-state index is 0.0205. The van der Waals surface area contributed by atoms with Gasteiger partial charge in [0.25, 0.3) is 0 Å². The van der Waals surface area contributed by atoms with Crippen LogP contribution in [0.15, 0.2) is 59.2 Å². The van der Waals surface area contributed by atoms with Crippen molar-refractivity contribution < 1.29 is 19.5 Å². The molecule has 0 radical (unpaired) electrons. The summed E-state index contributed by atoms with van der Waals surface area (Å²) < 4.78 is 0. The number of nitrogens with zero attached hydrogens (tertiary/aromatic N) is 2. The number of rotatable bonds is 18. The van der Waals surface area contributed by atoms with Crippen LogP contribution in [0.4, 0.5) is 0 Å². The lowest BCUT2D eigenvalue weighted by Crippen LogP contribution is -2.58. The van der Waals surface area contributed by atoms with E-state index in [2.05, 4.69) is 37.6 Å². The zero-order valence-corrected chi connectivity index (χ0v) is 27.1. The summed E-state index contributed by atoms with van der Waals surface area (Å²) in [5.41, 5.74) is 3.85. The molecular formula is C32H54ClN3O4. The molecule has 0 spiro atoms. The smallest absolute Gasteiger partial charge is 0.305 e. The van der Waals surface area contributed by atoms with Gasteiger partial charge in [-0.15, -0.1) is 0 Å². The van der Waals surface area contributed by atoms with Crippen LogP contribution in [0.1, 0.15) is 87.5 Å². The average Bonchev–Trinajstić information content (AvgIpc) is 2.89. The summed E-state index contributed by atoms with van der Waals surface area (Å²) >= 11 is 5.36. The number of carbonyl (C=O) groups is 3. The van der Waals surface area contributed by atoms with Gasteiger partial charge in [-0.3, -0.25) is 19.3 Å². The van der Waals surface area contributed by atoms with Gasteiger partial charge in [0.1, 0.15) is 0 Å². The topological polar surface area (TPSA) is 90.0 Å². The van der Waals surface area contributed by atoms with Crippen molar-refractivity contribution in [3.05, 3.63) is 59.2 Å². The highest BCUT2D eigenvalue weighted by molar-refractivity contribution is 6.25. The van der Waals surface area contributed by atoms with Crippen LogP contribution < -0.4 is 5.32 Å². The summed E-state index contributed by atoms with van der Waals surface area (Å²) in [5.74, 6) is -1.23. The molecule has 0 aliphatic rings. The van der Waals surface area contributed by atoms with E-state index in [1.807, 2.05) is 64.8 Å². The van der Waals surface area contributed by atoms with Crippen molar-refractivity contribution in [1.29, 1.82) is 0 Å². The van der Waals surface area contributed by atoms with Crippen LogP contribution >= 0.6 is 11.6 Å². The number of nitrogens with one attached hydrogen (secondary N) is 1. The number of halogens is 1. The Morgan fingerprint density at radius 1 is 1.12 bits per heavy atom. The fraction of sp³-hybridized carbons (Fsp3) is 0.594. The number of carboxylic acid groups (broad SMARTS) is 1. The minimum atomic E-state index is -0.946. The Balaban J connectivity index is 0. The molecule has 0 heterocycles. The third-order valence-electron chi connectivity index (χ3n) is 6.90. The number of carbonyl (C=O) groups excluding carboxylic acids is 2. The summed E-state index contributed by atoms with van der Waals surface area (Å²) in [6.07, 6.45) is 14.0. The third kappa shape index (κ3) is 15.2. The molecule has 0 aromatic carbocycles. The van der Waals surface area contributed by atoms with Crippen LogP contribution in [-0.2, 0) is 14.4 Å². The fourth-order valence-corrected chi connectivity index (χ4v) is 4.08. The summed E-state index contributed by atoms with van der Waals surface area (Å²) in [7, 11) is 2.00. The van der Waals surface area contributed by atoms with Gasteiger partial charge in [0.2, 0.25) is 12.3 Å². The van der Waals surface area contributed by atoms with Crippen LogP contribution in [0, 0.1) is 5.92 Å². The van der Waals surface area contributed by atoms with Crippen molar-refractivity contribution in [3.63, 3.8) is 0 Å². The van der Waals surface area contributed by atoms with Crippen LogP contribution in [0.2, 0.25) is 0 Å². The Morgan fingerprint density at radius 3 is 2.17 bits per heavy atom. The second-order valence-electron chi connectivity index (χ2n) is 10.4. The summed E-state index contributed by atoms with van der Waals surface area (Å²) in [4.78, 5) is 39.4. The van der Waals surface area contributed by atoms with E-state index in [9.17, 15) is 14.4 Å². The lowest BCUT2D eigenvalue weighted by atomic mass is 9.95. The van der Waals surface area contributed by atoms with Gasteiger partial charge in [-0.25, -0.2) is 0 Å². The quantitative estimate of drug-likeness (QED) is 0.0784. The van der Waals surface area contributed by atoms with Crippen LogP contribution in [0.25, 0.3) is 0 Å². The zero-order chi connectivity index (χ0) is 31.3. The predicted molar refractivity (Wildman–Crippen MR) is 169 cm³/mol. The number of unbranched alkanes of at least 4 members (excludes halogenated alkanes) is 1. The molecular weight excluding hydrogens is 526 g/mol. The van der Waals surface area contributed by atoms with E-state index in [0.29, 0.717) is 5.57 Å². The van der Waals surface area contributed by atoms with Crippen molar-refractivity contribution in [2.24, 2.45) is 5.92 Å². The first-order valence-corrected chi connectivity index (χ1v) is 14.6. The number of allylic oxidation sites excluding steroid dienone is 6. The standard InChI is InChI=1S/C24H43N3O4.C8H11Cl/c1-9-11-12-21(27(17-28)24(6,7)26(8)10-2)19(5)13-14-20(18(3)4)23(31)25-16-15-22(29)30;1-3-5-8(4-2)6-7-9/h13-14,17-18,21H,9-12,15-16H2,1-8H3,(H,25,31)(H,29,30);3,5-7H,1,4H2,2H3/b19-13+,20-14+;7-6+,8-5-. The van der Waals surface area contributed by atoms with E-state index in [1.54, 1.807) is 12.2 Å². The maximum Gasteiger partial charge on any atom is 0.305 e. The molecule has 228 valence electrons. The van der Waals surface area contributed by atoms with Gasteiger partial charge in [-0.1, -0.05) is 95.5 Å². The second-order valence-corrected chi connectivity index (χ2v) is 10.6. The van der Waals surface area contributed by atoms with Crippen molar-refractivity contribution in [3.8, 4) is 0 Å². The van der Waals surface area contributed by atoms with Gasteiger partial charge in [-0.2, -0.15) is 0 Å². The normalized spacial score (nSPS) is 13.7. The van der Waals surface area contributed by atoms with Crippen molar-refractivity contribution in [2.75, 3.05) is 20.1 Å². The van der Waals surface area contributed by atoms with Gasteiger partial charge in [0.05, 0.1) is 18.1 Å².